The minimum absolute atomic E-state index is 0.0484. The smallest absolute Gasteiger partial charge is 0.252 e. The van der Waals surface area contributed by atoms with Crippen LogP contribution in [0.2, 0.25) is 0 Å². The van der Waals surface area contributed by atoms with E-state index in [0.717, 1.165) is 6.42 Å². The van der Waals surface area contributed by atoms with Gasteiger partial charge in [-0.05, 0) is 13.3 Å². The first-order valence-electron chi connectivity index (χ1n) is 6.78. The molecular formula is C14H19N3O2S2. The molecule has 2 rings (SSSR count). The Morgan fingerprint density at radius 1 is 1.57 bits per heavy atom. The Morgan fingerprint density at radius 2 is 2.33 bits per heavy atom. The van der Waals surface area contributed by atoms with Crippen LogP contribution in [0.25, 0.3) is 0 Å². The highest BCUT2D eigenvalue weighted by molar-refractivity contribution is 7.99. The maximum atomic E-state index is 12.6. The van der Waals surface area contributed by atoms with E-state index < -0.39 is 6.04 Å². The second kappa shape index (κ2) is 7.09. The fourth-order valence-electron chi connectivity index (χ4n) is 2.17. The van der Waals surface area contributed by atoms with Crippen LogP contribution in [0.1, 0.15) is 20.3 Å². The van der Waals surface area contributed by atoms with Gasteiger partial charge in [-0.1, -0.05) is 13.0 Å². The third-order valence-corrected chi connectivity index (χ3v) is 5.17. The first kappa shape index (κ1) is 16.0. The monoisotopic (exact) mass is 325 g/mol. The number of likely N-dealkylation sites (N-methyl/N-ethyl adjacent to an activating group) is 1. The van der Waals surface area contributed by atoms with Gasteiger partial charge in [0.15, 0.2) is 5.13 Å². The van der Waals surface area contributed by atoms with Gasteiger partial charge in [-0.25, -0.2) is 4.98 Å². The van der Waals surface area contributed by atoms with E-state index in [-0.39, 0.29) is 11.8 Å². The zero-order valence-corrected chi connectivity index (χ0v) is 14.0. The molecule has 1 aliphatic rings. The summed E-state index contributed by atoms with van der Waals surface area (Å²) in [6.07, 6.45) is 4.39. The number of carbonyl (C=O) groups is 2. The molecule has 1 aromatic rings. The SMILES string of the molecule is CC/C=C(\C)C(=O)N1CSC[C@@H]1C(=O)N(C)c1nccs1. The van der Waals surface area contributed by atoms with E-state index in [9.17, 15) is 9.59 Å². The number of thiazole rings is 1. The van der Waals surface area contributed by atoms with E-state index in [1.54, 1.807) is 41.7 Å². The molecule has 2 amide bonds. The van der Waals surface area contributed by atoms with Crippen LogP contribution in [0.3, 0.4) is 0 Å². The first-order valence-corrected chi connectivity index (χ1v) is 8.82. The van der Waals surface area contributed by atoms with Gasteiger partial charge in [-0.15, -0.1) is 23.1 Å². The van der Waals surface area contributed by atoms with Crippen LogP contribution in [0.4, 0.5) is 5.13 Å². The molecule has 5 nitrogen and oxygen atoms in total. The minimum Gasteiger partial charge on any atom is -0.317 e. The summed E-state index contributed by atoms with van der Waals surface area (Å²) in [6, 6.07) is -0.406. The average Bonchev–Trinajstić information content (AvgIpc) is 3.15. The van der Waals surface area contributed by atoms with E-state index in [0.29, 0.717) is 22.3 Å². The molecule has 1 aromatic heterocycles. The highest BCUT2D eigenvalue weighted by Gasteiger charge is 2.37. The number of aromatic nitrogens is 1. The van der Waals surface area contributed by atoms with Crippen molar-refractivity contribution in [2.45, 2.75) is 26.3 Å². The van der Waals surface area contributed by atoms with Crippen molar-refractivity contribution in [2.75, 3.05) is 23.6 Å². The van der Waals surface area contributed by atoms with Crippen molar-refractivity contribution in [1.82, 2.24) is 9.88 Å². The maximum absolute atomic E-state index is 12.6. The molecule has 1 saturated heterocycles. The maximum Gasteiger partial charge on any atom is 0.252 e. The largest absolute Gasteiger partial charge is 0.317 e. The minimum atomic E-state index is -0.406. The molecule has 1 fully saturated rings. The summed E-state index contributed by atoms with van der Waals surface area (Å²) in [5.74, 6) is 1.08. The van der Waals surface area contributed by atoms with Crippen LogP contribution in [0.15, 0.2) is 23.2 Å². The predicted octanol–water partition coefficient (Wildman–Crippen LogP) is 2.36. The zero-order valence-electron chi connectivity index (χ0n) is 12.4. The lowest BCUT2D eigenvalue weighted by molar-refractivity contribution is -0.133. The fraction of sp³-hybridized carbons (Fsp3) is 0.500. The molecule has 0 radical (unpaired) electrons. The molecule has 21 heavy (non-hydrogen) atoms. The molecule has 7 heteroatoms. The van der Waals surface area contributed by atoms with Gasteiger partial charge < -0.3 is 4.90 Å². The van der Waals surface area contributed by atoms with Crippen LogP contribution in [0, 0.1) is 0 Å². The van der Waals surface area contributed by atoms with Crippen LogP contribution >= 0.6 is 23.1 Å². The average molecular weight is 325 g/mol. The lowest BCUT2D eigenvalue weighted by Crippen LogP contribution is -2.48. The van der Waals surface area contributed by atoms with Crippen molar-refractivity contribution in [3.63, 3.8) is 0 Å². The van der Waals surface area contributed by atoms with E-state index in [1.165, 1.54) is 11.3 Å². The Hall–Kier alpha value is -1.34. The molecule has 2 heterocycles. The summed E-state index contributed by atoms with van der Waals surface area (Å²) < 4.78 is 0. The Kier molecular flexibility index (Phi) is 5.41. The highest BCUT2D eigenvalue weighted by Crippen LogP contribution is 2.26. The number of hydrogen-bond donors (Lipinski definition) is 0. The molecule has 114 valence electrons. The molecule has 0 aromatic carbocycles. The van der Waals surface area contributed by atoms with Gasteiger partial charge in [0, 0.05) is 30.0 Å². The predicted molar refractivity (Wildman–Crippen MR) is 87.5 cm³/mol. The number of thioether (sulfide) groups is 1. The number of anilines is 1. The van der Waals surface area contributed by atoms with Gasteiger partial charge in [0.05, 0.1) is 5.88 Å². The van der Waals surface area contributed by atoms with Crippen LogP contribution < -0.4 is 4.90 Å². The summed E-state index contributed by atoms with van der Waals surface area (Å²) >= 11 is 3.03. The second-order valence-electron chi connectivity index (χ2n) is 4.80. The van der Waals surface area contributed by atoms with E-state index in [2.05, 4.69) is 4.98 Å². The molecule has 0 bridgehead atoms. The van der Waals surface area contributed by atoms with Crippen LogP contribution in [0.5, 0.6) is 0 Å². The number of amides is 2. The van der Waals surface area contributed by atoms with Gasteiger partial charge >= 0.3 is 0 Å². The quantitative estimate of drug-likeness (QED) is 0.798. The Labute approximate surface area is 133 Å². The van der Waals surface area contributed by atoms with Crippen molar-refractivity contribution in [1.29, 1.82) is 0 Å². The van der Waals surface area contributed by atoms with Crippen molar-refractivity contribution in [3.05, 3.63) is 23.2 Å². The number of hydrogen-bond acceptors (Lipinski definition) is 5. The molecule has 0 saturated carbocycles. The number of nitrogens with zero attached hydrogens (tertiary/aromatic N) is 3. The zero-order chi connectivity index (χ0) is 15.4. The number of rotatable bonds is 4. The molecular weight excluding hydrogens is 306 g/mol. The lowest BCUT2D eigenvalue weighted by atomic mass is 10.2. The van der Waals surface area contributed by atoms with Gasteiger partial charge in [0.2, 0.25) is 0 Å². The van der Waals surface area contributed by atoms with E-state index in [4.69, 9.17) is 0 Å². The summed E-state index contributed by atoms with van der Waals surface area (Å²) in [4.78, 5) is 32.4. The molecule has 1 atom stereocenters. The Bertz CT molecular complexity index is 542. The van der Waals surface area contributed by atoms with Crippen molar-refractivity contribution in [2.24, 2.45) is 0 Å². The van der Waals surface area contributed by atoms with E-state index in [1.807, 2.05) is 18.4 Å². The Balaban J connectivity index is 2.13. The summed E-state index contributed by atoms with van der Waals surface area (Å²) in [7, 11) is 1.71. The molecule has 0 spiro atoms. The molecule has 0 aliphatic carbocycles. The third-order valence-electron chi connectivity index (χ3n) is 3.31. The van der Waals surface area contributed by atoms with E-state index >= 15 is 0 Å². The van der Waals surface area contributed by atoms with Gasteiger partial charge in [-0.3, -0.25) is 14.5 Å². The fourth-order valence-corrected chi connectivity index (χ4v) is 3.93. The number of allylic oxidation sites excluding steroid dienone is 1. The lowest BCUT2D eigenvalue weighted by Gasteiger charge is -2.26. The highest BCUT2D eigenvalue weighted by atomic mass is 32.2. The van der Waals surface area contributed by atoms with Crippen LogP contribution in [-0.4, -0.2) is 46.4 Å². The summed E-state index contributed by atoms with van der Waals surface area (Å²) in [5, 5.41) is 2.49. The normalized spacial score (nSPS) is 18.9. The van der Waals surface area contributed by atoms with Crippen molar-refractivity contribution < 1.29 is 9.59 Å². The Morgan fingerprint density at radius 3 is 2.95 bits per heavy atom. The standard InChI is InChI=1S/C14H19N3O2S2/c1-4-5-10(2)12(18)17-9-20-8-11(17)13(19)16(3)14-15-6-7-21-14/h5-7,11H,4,8-9H2,1-3H3/b10-5+/t11-/m1/s1. The first-order chi connectivity index (χ1) is 10.1. The molecule has 0 unspecified atom stereocenters. The van der Waals surface area contributed by atoms with Crippen LogP contribution in [-0.2, 0) is 9.59 Å². The summed E-state index contributed by atoms with van der Waals surface area (Å²) in [5.41, 5.74) is 0.703. The number of carbonyl (C=O) groups excluding carboxylic acids is 2. The molecule has 1 aliphatic heterocycles. The van der Waals surface area contributed by atoms with Gasteiger partial charge in [0.25, 0.3) is 11.8 Å². The van der Waals surface area contributed by atoms with Crippen molar-refractivity contribution in [3.8, 4) is 0 Å². The topological polar surface area (TPSA) is 53.5 Å². The van der Waals surface area contributed by atoms with Gasteiger partial charge in [0.1, 0.15) is 6.04 Å². The van der Waals surface area contributed by atoms with Crippen molar-refractivity contribution >= 4 is 40.0 Å². The molecule has 0 N–H and O–H groups in total. The third kappa shape index (κ3) is 3.47. The van der Waals surface area contributed by atoms with Gasteiger partial charge in [-0.2, -0.15) is 0 Å². The summed E-state index contributed by atoms with van der Waals surface area (Å²) in [6.45, 7) is 3.80. The second-order valence-corrected chi connectivity index (χ2v) is 6.67.